The number of nitrogens with zero attached hydrogens (tertiary/aromatic N) is 2. The minimum atomic E-state index is -0.357. The Morgan fingerprint density at radius 2 is 1.82 bits per heavy atom. The van der Waals surface area contributed by atoms with Crippen molar-refractivity contribution in [1.82, 2.24) is 20.1 Å². The number of para-hydroxylation sites is 1. The highest BCUT2D eigenvalue weighted by molar-refractivity contribution is 5.97. The van der Waals surface area contributed by atoms with E-state index in [0.29, 0.717) is 45.8 Å². The van der Waals surface area contributed by atoms with Gasteiger partial charge in [0.2, 0.25) is 11.8 Å². The van der Waals surface area contributed by atoms with Crippen molar-refractivity contribution in [3.05, 3.63) is 36.0 Å². The molecule has 2 heterocycles. The molecule has 0 radical (unpaired) electrons. The van der Waals surface area contributed by atoms with Crippen LogP contribution in [-0.2, 0) is 20.7 Å². The normalized spacial score (nSPS) is 14.2. The van der Waals surface area contributed by atoms with Gasteiger partial charge in [0, 0.05) is 49.8 Å². The van der Waals surface area contributed by atoms with Gasteiger partial charge in [-0.3, -0.25) is 9.59 Å². The second kappa shape index (κ2) is 9.25. The number of carbonyl (C=O) groups excluding carboxylic acids is 3. The fourth-order valence-corrected chi connectivity index (χ4v) is 3.34. The standard InChI is InChI=1S/C20H26N4O4/c1-2-28-20(27)24-11-9-23(10-12-24)19(26)13-18(25)21-8-7-15-14-22-17-6-4-3-5-16(15)17/h3-6,14,22H,2,7-13H2,1H3,(H,21,25). The summed E-state index contributed by atoms with van der Waals surface area (Å²) in [6, 6.07) is 8.02. The van der Waals surface area contributed by atoms with E-state index in [0.717, 1.165) is 16.5 Å². The molecule has 2 N–H and O–H groups in total. The van der Waals surface area contributed by atoms with Crippen molar-refractivity contribution in [2.75, 3.05) is 39.3 Å². The fraction of sp³-hybridized carbons (Fsp3) is 0.450. The Hall–Kier alpha value is -3.03. The number of ether oxygens (including phenoxy) is 1. The van der Waals surface area contributed by atoms with Crippen LogP contribution in [0.4, 0.5) is 4.79 Å². The molecule has 150 valence electrons. The van der Waals surface area contributed by atoms with Crippen LogP contribution in [-0.4, -0.2) is 72.0 Å². The molecule has 1 aliphatic rings. The number of fused-ring (bicyclic) bond motifs is 1. The topological polar surface area (TPSA) is 94.7 Å². The van der Waals surface area contributed by atoms with Gasteiger partial charge in [0.05, 0.1) is 6.61 Å². The highest BCUT2D eigenvalue weighted by Gasteiger charge is 2.25. The zero-order chi connectivity index (χ0) is 19.9. The molecule has 0 bridgehead atoms. The lowest BCUT2D eigenvalue weighted by atomic mass is 10.1. The molecule has 1 fully saturated rings. The second-order valence-electron chi connectivity index (χ2n) is 6.70. The molecule has 0 saturated carbocycles. The molecular weight excluding hydrogens is 360 g/mol. The highest BCUT2D eigenvalue weighted by atomic mass is 16.6. The van der Waals surface area contributed by atoms with Crippen LogP contribution >= 0.6 is 0 Å². The van der Waals surface area contributed by atoms with E-state index >= 15 is 0 Å². The van der Waals surface area contributed by atoms with Gasteiger partial charge in [-0.2, -0.15) is 0 Å². The number of piperazine rings is 1. The first-order chi connectivity index (χ1) is 13.6. The third-order valence-corrected chi connectivity index (χ3v) is 4.86. The van der Waals surface area contributed by atoms with Crippen LogP contribution in [0.25, 0.3) is 10.9 Å². The highest BCUT2D eigenvalue weighted by Crippen LogP contribution is 2.17. The lowest BCUT2D eigenvalue weighted by Crippen LogP contribution is -2.51. The van der Waals surface area contributed by atoms with Gasteiger partial charge in [0.25, 0.3) is 0 Å². The first-order valence-electron chi connectivity index (χ1n) is 9.59. The van der Waals surface area contributed by atoms with Crippen molar-refractivity contribution in [1.29, 1.82) is 0 Å². The summed E-state index contributed by atoms with van der Waals surface area (Å²) in [6.45, 7) is 4.25. The second-order valence-corrected chi connectivity index (χ2v) is 6.70. The Kier molecular flexibility index (Phi) is 6.52. The van der Waals surface area contributed by atoms with Crippen LogP contribution in [0.2, 0.25) is 0 Å². The molecule has 1 aliphatic heterocycles. The van der Waals surface area contributed by atoms with E-state index in [1.807, 2.05) is 30.5 Å². The van der Waals surface area contributed by atoms with Crippen molar-refractivity contribution < 1.29 is 19.1 Å². The minimum absolute atomic E-state index is 0.173. The summed E-state index contributed by atoms with van der Waals surface area (Å²) < 4.78 is 4.96. The zero-order valence-corrected chi connectivity index (χ0v) is 16.1. The molecule has 1 aromatic carbocycles. The Morgan fingerprint density at radius 3 is 2.57 bits per heavy atom. The van der Waals surface area contributed by atoms with Gasteiger partial charge >= 0.3 is 6.09 Å². The number of hydrogen-bond donors (Lipinski definition) is 2. The molecule has 1 aromatic heterocycles. The number of nitrogens with one attached hydrogen (secondary N) is 2. The van der Waals surface area contributed by atoms with Crippen molar-refractivity contribution in [3.8, 4) is 0 Å². The molecule has 3 amide bonds. The summed E-state index contributed by atoms with van der Waals surface area (Å²) in [5.74, 6) is -0.495. The van der Waals surface area contributed by atoms with E-state index < -0.39 is 0 Å². The van der Waals surface area contributed by atoms with E-state index in [2.05, 4.69) is 10.3 Å². The monoisotopic (exact) mass is 386 g/mol. The average molecular weight is 386 g/mol. The van der Waals surface area contributed by atoms with Gasteiger partial charge in [-0.25, -0.2) is 4.79 Å². The smallest absolute Gasteiger partial charge is 0.409 e. The van der Waals surface area contributed by atoms with Crippen LogP contribution < -0.4 is 5.32 Å². The number of aromatic amines is 1. The molecule has 8 heteroatoms. The average Bonchev–Trinajstić information content (AvgIpc) is 3.11. The van der Waals surface area contributed by atoms with Crippen LogP contribution in [0.15, 0.2) is 30.5 Å². The number of carbonyl (C=O) groups is 3. The molecule has 28 heavy (non-hydrogen) atoms. The summed E-state index contributed by atoms with van der Waals surface area (Å²) in [4.78, 5) is 42.5. The van der Waals surface area contributed by atoms with E-state index in [4.69, 9.17) is 4.74 Å². The maximum atomic E-state index is 12.3. The van der Waals surface area contributed by atoms with E-state index in [-0.39, 0.29) is 24.3 Å². The Balaban J connectivity index is 1.39. The number of amides is 3. The van der Waals surface area contributed by atoms with Crippen LogP contribution in [0.3, 0.4) is 0 Å². The molecule has 2 aromatic rings. The van der Waals surface area contributed by atoms with Gasteiger partial charge in [-0.1, -0.05) is 18.2 Å². The maximum Gasteiger partial charge on any atom is 0.409 e. The predicted octanol–water partition coefficient (Wildman–Crippen LogP) is 1.52. The van der Waals surface area contributed by atoms with Gasteiger partial charge in [-0.15, -0.1) is 0 Å². The summed E-state index contributed by atoms with van der Waals surface area (Å²) in [5, 5.41) is 3.96. The van der Waals surface area contributed by atoms with Crippen LogP contribution in [0, 0.1) is 0 Å². The third kappa shape index (κ3) is 4.82. The first kappa shape index (κ1) is 19.7. The summed E-state index contributed by atoms with van der Waals surface area (Å²) >= 11 is 0. The van der Waals surface area contributed by atoms with Crippen molar-refractivity contribution in [2.24, 2.45) is 0 Å². The predicted molar refractivity (Wildman–Crippen MR) is 105 cm³/mol. The molecule has 0 aliphatic carbocycles. The maximum absolute atomic E-state index is 12.3. The number of rotatable bonds is 6. The SMILES string of the molecule is CCOC(=O)N1CCN(C(=O)CC(=O)NCCc2c[nH]c3ccccc23)CC1. The number of H-pyrrole nitrogens is 1. The summed E-state index contributed by atoms with van der Waals surface area (Å²) in [5.41, 5.74) is 2.21. The molecule has 0 spiro atoms. The van der Waals surface area contributed by atoms with E-state index in [1.165, 1.54) is 0 Å². The lowest BCUT2D eigenvalue weighted by molar-refractivity contribution is -0.137. The van der Waals surface area contributed by atoms with Crippen molar-refractivity contribution in [3.63, 3.8) is 0 Å². The number of hydrogen-bond acceptors (Lipinski definition) is 4. The third-order valence-electron chi connectivity index (χ3n) is 4.86. The first-order valence-corrected chi connectivity index (χ1v) is 9.59. The van der Waals surface area contributed by atoms with Gasteiger partial charge in [0.15, 0.2) is 0 Å². The molecule has 1 saturated heterocycles. The Labute approximate surface area is 163 Å². The van der Waals surface area contributed by atoms with E-state index in [1.54, 1.807) is 16.7 Å². The van der Waals surface area contributed by atoms with Gasteiger partial charge in [0.1, 0.15) is 6.42 Å². The quantitative estimate of drug-likeness (QED) is 0.736. The van der Waals surface area contributed by atoms with Crippen molar-refractivity contribution >= 4 is 28.8 Å². The fourth-order valence-electron chi connectivity index (χ4n) is 3.34. The van der Waals surface area contributed by atoms with Crippen LogP contribution in [0.1, 0.15) is 18.9 Å². The van der Waals surface area contributed by atoms with Gasteiger partial charge in [-0.05, 0) is 25.0 Å². The Morgan fingerprint density at radius 1 is 1.11 bits per heavy atom. The summed E-state index contributed by atoms with van der Waals surface area (Å²) in [6.07, 6.45) is 2.12. The summed E-state index contributed by atoms with van der Waals surface area (Å²) in [7, 11) is 0. The lowest BCUT2D eigenvalue weighted by Gasteiger charge is -2.34. The van der Waals surface area contributed by atoms with Gasteiger partial charge < -0.3 is 24.8 Å². The van der Waals surface area contributed by atoms with E-state index in [9.17, 15) is 14.4 Å². The molecule has 3 rings (SSSR count). The van der Waals surface area contributed by atoms with Crippen molar-refractivity contribution in [2.45, 2.75) is 19.8 Å². The molecule has 0 unspecified atom stereocenters. The largest absolute Gasteiger partial charge is 0.450 e. The van der Waals surface area contributed by atoms with Crippen LogP contribution in [0.5, 0.6) is 0 Å². The number of aromatic nitrogens is 1. The number of benzene rings is 1. The Bertz CT molecular complexity index is 840. The molecular formula is C20H26N4O4. The minimum Gasteiger partial charge on any atom is -0.450 e. The molecule has 8 nitrogen and oxygen atoms in total. The molecule has 0 atom stereocenters. The zero-order valence-electron chi connectivity index (χ0n) is 16.1.